The minimum Gasteiger partial charge on any atom is -0.476 e. The Kier molecular flexibility index (Phi) is 4.52. The van der Waals surface area contributed by atoms with Gasteiger partial charge in [0.05, 0.1) is 11.8 Å². The quantitative estimate of drug-likeness (QED) is 0.873. The normalized spacial score (nSPS) is 15.9. The zero-order valence-electron chi connectivity index (χ0n) is 11.2. The number of likely N-dealkylation sites (tertiary alicyclic amines) is 1. The standard InChI is InChI=1S/C13H17N3O4/c1-20-9-4-7-16(8-5-9)13(19)15-10-3-2-6-14-11(10)12(17)18/h2-3,6,9H,4-5,7-8H2,1H3,(H,15,19)(H,17,18). The highest BCUT2D eigenvalue weighted by atomic mass is 16.5. The first-order valence-corrected chi connectivity index (χ1v) is 6.39. The topological polar surface area (TPSA) is 91.8 Å². The lowest BCUT2D eigenvalue weighted by molar-refractivity contribution is 0.0521. The van der Waals surface area contributed by atoms with Crippen molar-refractivity contribution in [3.8, 4) is 0 Å². The number of carbonyl (C=O) groups excluding carboxylic acids is 1. The van der Waals surface area contributed by atoms with Crippen molar-refractivity contribution in [1.82, 2.24) is 9.88 Å². The highest BCUT2D eigenvalue weighted by Crippen LogP contribution is 2.16. The molecule has 20 heavy (non-hydrogen) atoms. The molecule has 108 valence electrons. The summed E-state index contributed by atoms with van der Waals surface area (Å²) in [7, 11) is 1.66. The predicted molar refractivity (Wildman–Crippen MR) is 71.8 cm³/mol. The number of pyridine rings is 1. The number of carboxylic acid groups (broad SMARTS) is 1. The van der Waals surface area contributed by atoms with E-state index in [9.17, 15) is 9.59 Å². The lowest BCUT2D eigenvalue weighted by atomic mass is 10.1. The minimum atomic E-state index is -1.17. The Balaban J connectivity index is 2.00. The molecule has 1 aromatic heterocycles. The number of ether oxygens (including phenoxy) is 1. The van der Waals surface area contributed by atoms with Crippen LogP contribution in [0.5, 0.6) is 0 Å². The maximum Gasteiger partial charge on any atom is 0.356 e. The van der Waals surface area contributed by atoms with Crippen LogP contribution in [-0.2, 0) is 4.74 Å². The molecule has 1 fully saturated rings. The fourth-order valence-electron chi connectivity index (χ4n) is 2.17. The highest BCUT2D eigenvalue weighted by molar-refractivity contribution is 5.98. The number of methoxy groups -OCH3 is 1. The van der Waals surface area contributed by atoms with Gasteiger partial charge >= 0.3 is 12.0 Å². The molecule has 0 bridgehead atoms. The number of hydrogen-bond acceptors (Lipinski definition) is 4. The van der Waals surface area contributed by atoms with Gasteiger partial charge in [-0.25, -0.2) is 14.6 Å². The molecule has 1 aliphatic heterocycles. The number of amides is 2. The molecule has 7 nitrogen and oxygen atoms in total. The van der Waals surface area contributed by atoms with Gasteiger partial charge in [-0.05, 0) is 25.0 Å². The van der Waals surface area contributed by atoms with Gasteiger partial charge in [0.25, 0.3) is 0 Å². The van der Waals surface area contributed by atoms with Crippen LogP contribution >= 0.6 is 0 Å². The van der Waals surface area contributed by atoms with Gasteiger partial charge in [-0.2, -0.15) is 0 Å². The summed E-state index contributed by atoms with van der Waals surface area (Å²) < 4.78 is 5.24. The second-order valence-electron chi connectivity index (χ2n) is 4.56. The van der Waals surface area contributed by atoms with E-state index in [1.807, 2.05) is 0 Å². The smallest absolute Gasteiger partial charge is 0.356 e. The summed E-state index contributed by atoms with van der Waals surface area (Å²) in [6, 6.07) is 2.80. The molecule has 7 heteroatoms. The van der Waals surface area contributed by atoms with Crippen molar-refractivity contribution >= 4 is 17.7 Å². The lowest BCUT2D eigenvalue weighted by Gasteiger charge is -2.31. The average Bonchev–Trinajstić information content (AvgIpc) is 2.47. The maximum absolute atomic E-state index is 12.1. The van der Waals surface area contributed by atoms with Gasteiger partial charge in [-0.15, -0.1) is 0 Å². The Morgan fingerprint density at radius 3 is 2.75 bits per heavy atom. The van der Waals surface area contributed by atoms with Crippen LogP contribution in [0.1, 0.15) is 23.3 Å². The molecule has 2 heterocycles. The third-order valence-corrected chi connectivity index (χ3v) is 3.31. The molecule has 2 amide bonds. The van der Waals surface area contributed by atoms with E-state index in [4.69, 9.17) is 9.84 Å². The van der Waals surface area contributed by atoms with Crippen molar-refractivity contribution in [2.75, 3.05) is 25.5 Å². The van der Waals surface area contributed by atoms with Gasteiger partial charge in [-0.3, -0.25) is 0 Å². The molecule has 1 aromatic rings. The number of nitrogens with zero attached hydrogens (tertiary/aromatic N) is 2. The molecule has 2 rings (SSSR count). The van der Waals surface area contributed by atoms with Crippen molar-refractivity contribution < 1.29 is 19.4 Å². The first kappa shape index (κ1) is 14.3. The number of nitrogens with one attached hydrogen (secondary N) is 1. The number of rotatable bonds is 3. The highest BCUT2D eigenvalue weighted by Gasteiger charge is 2.23. The summed E-state index contributed by atoms with van der Waals surface area (Å²) in [6.45, 7) is 1.18. The Bertz CT molecular complexity index is 498. The number of urea groups is 1. The van der Waals surface area contributed by atoms with Gasteiger partial charge in [0.1, 0.15) is 0 Å². The third kappa shape index (κ3) is 3.24. The lowest BCUT2D eigenvalue weighted by Crippen LogP contribution is -2.43. The van der Waals surface area contributed by atoms with E-state index < -0.39 is 5.97 Å². The fourth-order valence-corrected chi connectivity index (χ4v) is 2.17. The minimum absolute atomic E-state index is 0.160. The van der Waals surface area contributed by atoms with Gasteiger partial charge in [0.2, 0.25) is 0 Å². The van der Waals surface area contributed by atoms with E-state index in [0.29, 0.717) is 13.1 Å². The Labute approximate surface area is 116 Å². The van der Waals surface area contributed by atoms with Crippen molar-refractivity contribution in [2.24, 2.45) is 0 Å². The molecule has 0 aliphatic carbocycles. The molecular weight excluding hydrogens is 262 g/mol. The van der Waals surface area contributed by atoms with Crippen LogP contribution in [0.2, 0.25) is 0 Å². The number of anilines is 1. The van der Waals surface area contributed by atoms with Gasteiger partial charge in [-0.1, -0.05) is 0 Å². The predicted octanol–water partition coefficient (Wildman–Crippen LogP) is 1.42. The Hall–Kier alpha value is -2.15. The number of carbonyl (C=O) groups is 2. The molecule has 2 N–H and O–H groups in total. The largest absolute Gasteiger partial charge is 0.476 e. The number of aromatic nitrogens is 1. The molecule has 1 saturated heterocycles. The van der Waals surface area contributed by atoms with Crippen LogP contribution in [-0.4, -0.2) is 53.3 Å². The maximum atomic E-state index is 12.1. The molecule has 0 spiro atoms. The molecule has 0 atom stereocenters. The summed E-state index contributed by atoms with van der Waals surface area (Å²) in [5, 5.41) is 11.6. The molecule has 1 aliphatic rings. The Morgan fingerprint density at radius 2 is 2.15 bits per heavy atom. The van der Waals surface area contributed by atoms with Crippen molar-refractivity contribution in [1.29, 1.82) is 0 Å². The monoisotopic (exact) mass is 279 g/mol. The summed E-state index contributed by atoms with van der Waals surface area (Å²) in [5.74, 6) is -1.17. The molecule has 0 aromatic carbocycles. The fraction of sp³-hybridized carbons (Fsp3) is 0.462. The Morgan fingerprint density at radius 1 is 1.45 bits per heavy atom. The summed E-state index contributed by atoms with van der Waals surface area (Å²) in [6.07, 6.45) is 3.13. The van der Waals surface area contributed by atoms with Gasteiger partial charge in [0.15, 0.2) is 5.69 Å². The summed E-state index contributed by atoms with van der Waals surface area (Å²) in [5.41, 5.74) is 0.0477. The molecule has 0 radical (unpaired) electrons. The average molecular weight is 279 g/mol. The van der Waals surface area contributed by atoms with E-state index in [0.717, 1.165) is 12.8 Å². The van der Waals surface area contributed by atoms with Crippen molar-refractivity contribution in [3.63, 3.8) is 0 Å². The van der Waals surface area contributed by atoms with E-state index in [1.54, 1.807) is 18.1 Å². The van der Waals surface area contributed by atoms with Gasteiger partial charge in [0, 0.05) is 26.4 Å². The SMILES string of the molecule is COC1CCN(C(=O)Nc2cccnc2C(=O)O)CC1. The van der Waals surface area contributed by atoms with Crippen molar-refractivity contribution in [2.45, 2.75) is 18.9 Å². The molecule has 0 unspecified atom stereocenters. The molecule has 0 saturated carbocycles. The number of carboxylic acids is 1. The van der Waals surface area contributed by atoms with E-state index >= 15 is 0 Å². The summed E-state index contributed by atoms with van der Waals surface area (Å²) in [4.78, 5) is 28.5. The van der Waals surface area contributed by atoms with Crippen LogP contribution in [0.15, 0.2) is 18.3 Å². The van der Waals surface area contributed by atoms with E-state index in [2.05, 4.69) is 10.3 Å². The summed E-state index contributed by atoms with van der Waals surface area (Å²) >= 11 is 0. The molecular formula is C13H17N3O4. The van der Waals surface area contributed by atoms with Crippen LogP contribution in [0.25, 0.3) is 0 Å². The third-order valence-electron chi connectivity index (χ3n) is 3.31. The number of piperidine rings is 1. The second kappa shape index (κ2) is 6.33. The number of hydrogen-bond donors (Lipinski definition) is 2. The second-order valence-corrected chi connectivity index (χ2v) is 4.56. The van der Waals surface area contributed by atoms with Gasteiger partial charge < -0.3 is 20.1 Å². The first-order chi connectivity index (χ1) is 9.61. The van der Waals surface area contributed by atoms with Crippen LogP contribution in [0.3, 0.4) is 0 Å². The number of aromatic carboxylic acids is 1. The van der Waals surface area contributed by atoms with Crippen LogP contribution in [0.4, 0.5) is 10.5 Å². The zero-order chi connectivity index (χ0) is 14.5. The first-order valence-electron chi connectivity index (χ1n) is 6.39. The van der Waals surface area contributed by atoms with Crippen molar-refractivity contribution in [3.05, 3.63) is 24.0 Å². The zero-order valence-corrected chi connectivity index (χ0v) is 11.2. The van der Waals surface area contributed by atoms with Crippen LogP contribution in [0, 0.1) is 0 Å². The van der Waals surface area contributed by atoms with E-state index in [1.165, 1.54) is 12.3 Å². The van der Waals surface area contributed by atoms with E-state index in [-0.39, 0.29) is 23.5 Å². The van der Waals surface area contributed by atoms with Crippen LogP contribution < -0.4 is 5.32 Å².